The predicted molar refractivity (Wildman–Crippen MR) is 80.6 cm³/mol. The summed E-state index contributed by atoms with van der Waals surface area (Å²) in [6, 6.07) is 9.12. The summed E-state index contributed by atoms with van der Waals surface area (Å²) in [6.07, 6.45) is 0.139. The number of amides is 1. The summed E-state index contributed by atoms with van der Waals surface area (Å²) in [4.78, 5) is 11.7. The van der Waals surface area contributed by atoms with E-state index in [4.69, 9.17) is 9.26 Å². The molecule has 2 N–H and O–H groups in total. The second-order valence-corrected chi connectivity index (χ2v) is 4.92. The highest BCUT2D eigenvalue weighted by Gasteiger charge is 2.06. The third-order valence-corrected chi connectivity index (χ3v) is 2.57. The lowest BCUT2D eigenvalue weighted by atomic mass is 10.3. The van der Waals surface area contributed by atoms with Gasteiger partial charge in [0, 0.05) is 11.8 Å². The Kier molecular flexibility index (Phi) is 4.81. The smallest absolute Gasteiger partial charge is 0.244 e. The number of hydrogen-bond donors (Lipinski definition) is 2. The molecule has 0 aliphatic carbocycles. The molecule has 0 saturated heterocycles. The van der Waals surface area contributed by atoms with Gasteiger partial charge in [-0.3, -0.25) is 4.79 Å². The van der Waals surface area contributed by atoms with Gasteiger partial charge in [0.25, 0.3) is 0 Å². The van der Waals surface area contributed by atoms with Crippen LogP contribution < -0.4 is 15.4 Å². The summed E-state index contributed by atoms with van der Waals surface area (Å²) < 4.78 is 10.4. The predicted octanol–water partition coefficient (Wildman–Crippen LogP) is 2.82. The largest absolute Gasteiger partial charge is 0.491 e. The van der Waals surface area contributed by atoms with Crippen molar-refractivity contribution < 1.29 is 14.1 Å². The van der Waals surface area contributed by atoms with Crippen LogP contribution in [0.25, 0.3) is 0 Å². The maximum absolute atomic E-state index is 11.7. The molecule has 0 atom stereocenters. The zero-order valence-corrected chi connectivity index (χ0v) is 12.3. The van der Waals surface area contributed by atoms with Gasteiger partial charge in [-0.25, -0.2) is 0 Å². The lowest BCUT2D eigenvalue weighted by Crippen LogP contribution is -2.21. The Morgan fingerprint density at radius 3 is 2.62 bits per heavy atom. The van der Waals surface area contributed by atoms with E-state index in [9.17, 15) is 4.79 Å². The molecule has 0 fully saturated rings. The molecule has 0 saturated carbocycles. The van der Waals surface area contributed by atoms with E-state index >= 15 is 0 Å². The van der Waals surface area contributed by atoms with Gasteiger partial charge in [-0.05, 0) is 45.0 Å². The number of carbonyl (C=O) groups excluding carboxylic acids is 1. The molecule has 21 heavy (non-hydrogen) atoms. The molecule has 2 rings (SSSR count). The number of nitrogens with zero attached hydrogens (tertiary/aromatic N) is 1. The van der Waals surface area contributed by atoms with E-state index in [1.54, 1.807) is 13.0 Å². The molecule has 1 aromatic carbocycles. The van der Waals surface area contributed by atoms with Crippen molar-refractivity contribution in [1.82, 2.24) is 5.16 Å². The Hall–Kier alpha value is -2.50. The second kappa shape index (κ2) is 6.78. The van der Waals surface area contributed by atoms with Crippen LogP contribution in [-0.2, 0) is 4.79 Å². The van der Waals surface area contributed by atoms with Gasteiger partial charge in [-0.15, -0.1) is 0 Å². The van der Waals surface area contributed by atoms with Crippen molar-refractivity contribution in [3.8, 4) is 5.75 Å². The Morgan fingerprint density at radius 2 is 2.05 bits per heavy atom. The second-order valence-electron chi connectivity index (χ2n) is 4.92. The van der Waals surface area contributed by atoms with E-state index < -0.39 is 0 Å². The molecule has 0 radical (unpaired) electrons. The van der Waals surface area contributed by atoms with E-state index in [1.165, 1.54) is 0 Å². The number of anilines is 2. The van der Waals surface area contributed by atoms with Gasteiger partial charge in [-0.1, -0.05) is 5.16 Å². The van der Waals surface area contributed by atoms with Crippen LogP contribution in [0.15, 0.2) is 34.9 Å². The minimum absolute atomic E-state index is 0.139. The number of ether oxygens (including phenoxy) is 1. The summed E-state index contributed by atoms with van der Waals surface area (Å²) in [7, 11) is 0. The number of hydrogen-bond acceptors (Lipinski definition) is 5. The van der Waals surface area contributed by atoms with E-state index in [0.717, 1.165) is 11.4 Å². The van der Waals surface area contributed by atoms with Gasteiger partial charge in [0.2, 0.25) is 5.91 Å². The minimum Gasteiger partial charge on any atom is -0.491 e. The number of aromatic nitrogens is 1. The van der Waals surface area contributed by atoms with Crippen LogP contribution >= 0.6 is 0 Å². The third kappa shape index (κ3) is 4.83. The van der Waals surface area contributed by atoms with Gasteiger partial charge in [0.1, 0.15) is 11.5 Å². The highest BCUT2D eigenvalue weighted by Crippen LogP contribution is 2.16. The molecular formula is C15H19N3O3. The monoisotopic (exact) mass is 289 g/mol. The SMILES string of the molecule is Cc1cc(NC(=O)CNc2ccc(OC(C)C)cc2)no1. The number of rotatable bonds is 6. The first-order valence-corrected chi connectivity index (χ1v) is 6.76. The Balaban J connectivity index is 1.81. The van der Waals surface area contributed by atoms with Crippen LogP contribution in [-0.4, -0.2) is 23.7 Å². The Labute approximate surface area is 123 Å². The van der Waals surface area contributed by atoms with Crippen LogP contribution in [0.5, 0.6) is 5.75 Å². The standard InChI is InChI=1S/C15H19N3O3/c1-10(2)20-13-6-4-12(5-7-13)16-9-15(19)17-14-8-11(3)21-18-14/h4-8,10,16H,9H2,1-3H3,(H,17,18,19). The molecule has 0 aliphatic rings. The number of carbonyl (C=O) groups is 1. The van der Waals surface area contributed by atoms with Crippen molar-refractivity contribution in [2.24, 2.45) is 0 Å². The first-order valence-electron chi connectivity index (χ1n) is 6.76. The van der Waals surface area contributed by atoms with Gasteiger partial charge in [0.05, 0.1) is 12.6 Å². The fourth-order valence-electron chi connectivity index (χ4n) is 1.72. The third-order valence-electron chi connectivity index (χ3n) is 2.57. The molecule has 6 heteroatoms. The highest BCUT2D eigenvalue weighted by atomic mass is 16.5. The van der Waals surface area contributed by atoms with E-state index in [0.29, 0.717) is 11.6 Å². The molecule has 0 aliphatic heterocycles. The number of nitrogens with one attached hydrogen (secondary N) is 2. The topological polar surface area (TPSA) is 76.4 Å². The number of aryl methyl sites for hydroxylation is 1. The average molecular weight is 289 g/mol. The molecule has 6 nitrogen and oxygen atoms in total. The summed E-state index contributed by atoms with van der Waals surface area (Å²) in [5.74, 6) is 1.68. The fourth-order valence-corrected chi connectivity index (χ4v) is 1.72. The van der Waals surface area contributed by atoms with Crippen molar-refractivity contribution in [3.63, 3.8) is 0 Å². The van der Waals surface area contributed by atoms with Crippen molar-refractivity contribution >= 4 is 17.4 Å². The zero-order valence-electron chi connectivity index (χ0n) is 12.3. The molecule has 2 aromatic rings. The summed E-state index contributed by atoms with van der Waals surface area (Å²) in [6.45, 7) is 5.86. The molecule has 0 spiro atoms. The average Bonchev–Trinajstić information content (AvgIpc) is 2.83. The first kappa shape index (κ1) is 14.9. The Bertz CT molecular complexity index is 590. The molecule has 1 aromatic heterocycles. The molecule has 112 valence electrons. The molecular weight excluding hydrogens is 270 g/mol. The summed E-state index contributed by atoms with van der Waals surface area (Å²) in [5.41, 5.74) is 0.845. The zero-order chi connectivity index (χ0) is 15.2. The van der Waals surface area contributed by atoms with E-state index in [1.807, 2.05) is 38.1 Å². The van der Waals surface area contributed by atoms with Crippen LogP contribution in [0.2, 0.25) is 0 Å². The highest BCUT2D eigenvalue weighted by molar-refractivity contribution is 5.92. The van der Waals surface area contributed by atoms with Gasteiger partial charge in [-0.2, -0.15) is 0 Å². The van der Waals surface area contributed by atoms with Crippen LogP contribution in [0.1, 0.15) is 19.6 Å². The molecule has 0 unspecified atom stereocenters. The van der Waals surface area contributed by atoms with Crippen molar-refractivity contribution in [3.05, 3.63) is 36.1 Å². The van der Waals surface area contributed by atoms with Gasteiger partial charge >= 0.3 is 0 Å². The fraction of sp³-hybridized carbons (Fsp3) is 0.333. The first-order chi connectivity index (χ1) is 10.0. The lowest BCUT2D eigenvalue weighted by molar-refractivity contribution is -0.114. The Morgan fingerprint density at radius 1 is 1.33 bits per heavy atom. The quantitative estimate of drug-likeness (QED) is 0.855. The normalized spacial score (nSPS) is 10.5. The molecule has 1 amide bonds. The van der Waals surface area contributed by atoms with Crippen LogP contribution in [0, 0.1) is 6.92 Å². The van der Waals surface area contributed by atoms with Gasteiger partial charge < -0.3 is 19.9 Å². The van der Waals surface area contributed by atoms with Crippen molar-refractivity contribution in [2.45, 2.75) is 26.9 Å². The van der Waals surface area contributed by atoms with E-state index in [2.05, 4.69) is 15.8 Å². The van der Waals surface area contributed by atoms with Crippen molar-refractivity contribution in [2.75, 3.05) is 17.2 Å². The maximum Gasteiger partial charge on any atom is 0.244 e. The van der Waals surface area contributed by atoms with Crippen molar-refractivity contribution in [1.29, 1.82) is 0 Å². The minimum atomic E-state index is -0.189. The molecule has 1 heterocycles. The van der Waals surface area contributed by atoms with Crippen LogP contribution in [0.3, 0.4) is 0 Å². The molecule has 0 bridgehead atoms. The lowest BCUT2D eigenvalue weighted by Gasteiger charge is -2.10. The van der Waals surface area contributed by atoms with Gasteiger partial charge in [0.15, 0.2) is 5.82 Å². The summed E-state index contributed by atoms with van der Waals surface area (Å²) >= 11 is 0. The maximum atomic E-state index is 11.7. The number of benzene rings is 1. The van der Waals surface area contributed by atoms with Crippen LogP contribution in [0.4, 0.5) is 11.5 Å². The van der Waals surface area contributed by atoms with E-state index in [-0.39, 0.29) is 18.6 Å². The summed E-state index contributed by atoms with van der Waals surface area (Å²) in [5, 5.41) is 9.36.